The fourth-order valence-electron chi connectivity index (χ4n) is 5.29. The van der Waals surface area contributed by atoms with Crippen molar-refractivity contribution in [2.24, 2.45) is 0 Å². The van der Waals surface area contributed by atoms with E-state index in [0.717, 1.165) is 63.3 Å². The highest BCUT2D eigenvalue weighted by atomic mass is 19.4. The lowest BCUT2D eigenvalue weighted by Crippen LogP contribution is -2.59. The molecule has 1 heterocycles. The van der Waals surface area contributed by atoms with Crippen LogP contribution in [-0.4, -0.2) is 48.8 Å². The number of rotatable bonds is 5. The lowest BCUT2D eigenvalue weighted by Gasteiger charge is -2.52. The minimum Gasteiger partial charge on any atom is -0.497 e. The quantitative estimate of drug-likeness (QED) is 0.714. The van der Waals surface area contributed by atoms with Gasteiger partial charge in [0, 0.05) is 31.7 Å². The van der Waals surface area contributed by atoms with Crippen molar-refractivity contribution in [1.82, 2.24) is 10.2 Å². The summed E-state index contributed by atoms with van der Waals surface area (Å²) in [7, 11) is 1.66. The Morgan fingerprint density at radius 3 is 2.25 bits per heavy atom. The molecule has 174 valence electrons. The van der Waals surface area contributed by atoms with Crippen molar-refractivity contribution in [2.75, 3.05) is 33.3 Å². The summed E-state index contributed by atoms with van der Waals surface area (Å²) in [6.07, 6.45) is -0.919. The van der Waals surface area contributed by atoms with Crippen molar-refractivity contribution in [3.05, 3.63) is 65.2 Å². The van der Waals surface area contributed by atoms with Crippen LogP contribution in [-0.2, 0) is 18.2 Å². The summed E-state index contributed by atoms with van der Waals surface area (Å²) in [5.41, 5.74) is -0.111. The first-order valence-electron chi connectivity index (χ1n) is 11.2. The van der Waals surface area contributed by atoms with Crippen LogP contribution >= 0.6 is 0 Å². The zero-order valence-electron chi connectivity index (χ0n) is 18.4. The fourth-order valence-corrected chi connectivity index (χ4v) is 5.29. The third kappa shape index (κ3) is 4.80. The topological polar surface area (TPSA) is 44.7 Å². The van der Waals surface area contributed by atoms with Gasteiger partial charge in [-0.2, -0.15) is 13.2 Å². The molecule has 1 saturated carbocycles. The molecular weight excluding hydrogens is 417 g/mol. The third-order valence-corrected chi connectivity index (χ3v) is 7.21. The van der Waals surface area contributed by atoms with Gasteiger partial charge in [0.2, 0.25) is 0 Å². The number of benzene rings is 2. The van der Waals surface area contributed by atoms with Gasteiger partial charge in [0.05, 0.1) is 18.3 Å². The van der Waals surface area contributed by atoms with E-state index < -0.39 is 17.3 Å². The normalized spacial score (nSPS) is 27.3. The summed E-state index contributed by atoms with van der Waals surface area (Å²) >= 11 is 0. The van der Waals surface area contributed by atoms with E-state index in [1.165, 1.54) is 17.7 Å². The molecule has 0 spiro atoms. The van der Waals surface area contributed by atoms with E-state index in [4.69, 9.17) is 4.74 Å². The van der Waals surface area contributed by atoms with Crippen molar-refractivity contribution in [3.8, 4) is 5.75 Å². The van der Waals surface area contributed by atoms with Gasteiger partial charge in [0.15, 0.2) is 0 Å². The van der Waals surface area contributed by atoms with Gasteiger partial charge >= 0.3 is 6.18 Å². The molecule has 2 fully saturated rings. The zero-order valence-corrected chi connectivity index (χ0v) is 18.4. The average Bonchev–Trinajstić information content (AvgIpc) is 2.81. The van der Waals surface area contributed by atoms with Crippen LogP contribution < -0.4 is 10.1 Å². The van der Waals surface area contributed by atoms with Gasteiger partial charge in [-0.15, -0.1) is 0 Å². The Morgan fingerprint density at radius 2 is 1.66 bits per heavy atom. The molecule has 32 heavy (non-hydrogen) atoms. The van der Waals surface area contributed by atoms with Gasteiger partial charge < -0.3 is 15.2 Å². The van der Waals surface area contributed by atoms with Crippen molar-refractivity contribution in [1.29, 1.82) is 0 Å². The fraction of sp³-hybridized carbons (Fsp3) is 0.520. The number of alkyl halides is 3. The van der Waals surface area contributed by atoms with Crippen LogP contribution in [0.2, 0.25) is 0 Å². The molecule has 2 N–H and O–H groups in total. The van der Waals surface area contributed by atoms with Crippen molar-refractivity contribution >= 4 is 0 Å². The first-order valence-corrected chi connectivity index (χ1v) is 11.2. The first-order chi connectivity index (χ1) is 15.2. The van der Waals surface area contributed by atoms with Crippen LogP contribution in [0.4, 0.5) is 13.2 Å². The number of nitrogens with zero attached hydrogens (tertiary/aromatic N) is 1. The van der Waals surface area contributed by atoms with Gasteiger partial charge in [0.1, 0.15) is 5.75 Å². The van der Waals surface area contributed by atoms with Gasteiger partial charge in [-0.25, -0.2) is 0 Å². The molecular formula is C25H31F3N2O2. The molecule has 2 aromatic carbocycles. The molecule has 4 nitrogen and oxygen atoms in total. The second-order valence-electron chi connectivity index (χ2n) is 9.10. The highest BCUT2D eigenvalue weighted by Gasteiger charge is 2.46. The number of methoxy groups -OCH3 is 1. The Labute approximate surface area is 187 Å². The van der Waals surface area contributed by atoms with Crippen LogP contribution in [0.15, 0.2) is 48.5 Å². The van der Waals surface area contributed by atoms with Crippen LogP contribution in [0.5, 0.6) is 5.75 Å². The number of ether oxygens (including phenoxy) is 1. The molecule has 0 atom stereocenters. The summed E-state index contributed by atoms with van der Waals surface area (Å²) in [5, 5.41) is 14.8. The van der Waals surface area contributed by atoms with Gasteiger partial charge in [-0.1, -0.05) is 24.3 Å². The third-order valence-electron chi connectivity index (χ3n) is 7.21. The molecule has 1 aliphatic heterocycles. The summed E-state index contributed by atoms with van der Waals surface area (Å²) in [5.74, 6) is 0.829. The van der Waals surface area contributed by atoms with E-state index >= 15 is 0 Å². The van der Waals surface area contributed by atoms with E-state index in [0.29, 0.717) is 18.4 Å². The number of aliphatic hydroxyl groups is 1. The maximum Gasteiger partial charge on any atom is 0.416 e. The first kappa shape index (κ1) is 23.1. The van der Waals surface area contributed by atoms with Crippen LogP contribution in [0.1, 0.15) is 42.4 Å². The summed E-state index contributed by atoms with van der Waals surface area (Å²) < 4.78 is 44.2. The standard InChI is InChI=1S/C25H31F3N2O2/c1-32-22-4-2-3-19(17-22)18-23(30-15-13-29-14-16-30)9-11-24(31,12-10-23)20-5-7-21(8-6-20)25(26,27)28/h2-8,17,29,31H,9-16,18H2,1H3. The molecule has 2 aliphatic rings. The summed E-state index contributed by atoms with van der Waals surface area (Å²) in [6.45, 7) is 3.76. The van der Waals surface area contributed by atoms with E-state index in [1.807, 2.05) is 12.1 Å². The summed E-state index contributed by atoms with van der Waals surface area (Å²) in [4.78, 5) is 2.54. The van der Waals surface area contributed by atoms with Crippen LogP contribution in [0.25, 0.3) is 0 Å². The number of piperazine rings is 1. The lowest BCUT2D eigenvalue weighted by molar-refractivity contribution is -0.137. The number of nitrogens with one attached hydrogen (secondary N) is 1. The molecule has 0 bridgehead atoms. The maximum atomic E-state index is 12.9. The van der Waals surface area contributed by atoms with Crippen molar-refractivity contribution in [2.45, 2.75) is 49.4 Å². The zero-order chi connectivity index (χ0) is 22.8. The van der Waals surface area contributed by atoms with E-state index in [1.54, 1.807) is 7.11 Å². The van der Waals surface area contributed by atoms with E-state index in [-0.39, 0.29) is 5.54 Å². The molecule has 0 radical (unpaired) electrons. The second-order valence-corrected chi connectivity index (χ2v) is 9.10. The highest BCUT2D eigenvalue weighted by molar-refractivity contribution is 5.32. The van der Waals surface area contributed by atoms with Gasteiger partial charge in [-0.3, -0.25) is 4.90 Å². The van der Waals surface area contributed by atoms with Crippen molar-refractivity contribution in [3.63, 3.8) is 0 Å². The molecule has 4 rings (SSSR count). The molecule has 7 heteroatoms. The van der Waals surface area contributed by atoms with E-state index in [9.17, 15) is 18.3 Å². The molecule has 1 saturated heterocycles. The largest absolute Gasteiger partial charge is 0.497 e. The molecule has 1 aliphatic carbocycles. The number of halogens is 3. The number of hydrogen-bond acceptors (Lipinski definition) is 4. The molecule has 2 aromatic rings. The van der Waals surface area contributed by atoms with Gasteiger partial charge in [0.25, 0.3) is 0 Å². The Morgan fingerprint density at radius 1 is 1.00 bits per heavy atom. The predicted molar refractivity (Wildman–Crippen MR) is 118 cm³/mol. The van der Waals surface area contributed by atoms with Gasteiger partial charge in [-0.05, 0) is 67.5 Å². The van der Waals surface area contributed by atoms with E-state index in [2.05, 4.69) is 22.3 Å². The smallest absolute Gasteiger partial charge is 0.416 e. The van der Waals surface area contributed by atoms with Crippen LogP contribution in [0, 0.1) is 0 Å². The molecule has 0 unspecified atom stereocenters. The Bertz CT molecular complexity index is 900. The summed E-state index contributed by atoms with van der Waals surface area (Å²) in [6, 6.07) is 13.1. The Kier molecular flexibility index (Phi) is 6.52. The Hall–Kier alpha value is -2.09. The molecule has 0 aromatic heterocycles. The minimum atomic E-state index is -4.37. The minimum absolute atomic E-state index is 0.0907. The Balaban J connectivity index is 1.56. The SMILES string of the molecule is COc1cccc(CC2(N3CCNCC3)CCC(O)(c3ccc(C(F)(F)F)cc3)CC2)c1. The maximum absolute atomic E-state index is 12.9. The second kappa shape index (κ2) is 9.04. The van der Waals surface area contributed by atoms with Crippen LogP contribution in [0.3, 0.4) is 0 Å². The highest BCUT2D eigenvalue weighted by Crippen LogP contribution is 2.46. The number of hydrogen-bond donors (Lipinski definition) is 2. The average molecular weight is 449 g/mol. The molecule has 0 amide bonds. The van der Waals surface area contributed by atoms with Crippen molar-refractivity contribution < 1.29 is 23.0 Å². The lowest BCUT2D eigenvalue weighted by atomic mass is 9.68. The predicted octanol–water partition coefficient (Wildman–Crippen LogP) is 4.36. The monoisotopic (exact) mass is 448 g/mol.